The molecule has 4 rings (SSSR count). The Kier molecular flexibility index (Phi) is 13.1. The molecule has 0 unspecified atom stereocenters. The molecule has 4 heterocycles. The second-order valence-corrected chi connectivity index (χ2v) is 12.6. The van der Waals surface area contributed by atoms with E-state index in [4.69, 9.17) is 29.4 Å². The molecule has 0 aliphatic carbocycles. The monoisotopic (exact) mass is 665 g/mol. The third-order valence-corrected chi connectivity index (χ3v) is 8.58. The fourth-order valence-corrected chi connectivity index (χ4v) is 6.00. The van der Waals surface area contributed by atoms with Crippen LogP contribution in [-0.2, 0) is 33.3 Å². The van der Waals surface area contributed by atoms with Gasteiger partial charge in [-0.25, -0.2) is 4.79 Å². The summed E-state index contributed by atoms with van der Waals surface area (Å²) in [6.07, 6.45) is 5.25. The lowest BCUT2D eigenvalue weighted by atomic mass is 9.83. The average Bonchev–Trinajstić information content (AvgIpc) is 3.72. The minimum absolute atomic E-state index is 0.0789. The zero-order chi connectivity index (χ0) is 34.3. The van der Waals surface area contributed by atoms with Gasteiger partial charge in [-0.2, -0.15) is 0 Å². The van der Waals surface area contributed by atoms with E-state index in [2.05, 4.69) is 0 Å². The SMILES string of the molecule is C[C@@H]1O[C@H](O[C@@H]2C=C\C=C/C=C/C=C\C[C@H](C)OC(=O)/C=C\[C@H]3O[C@@H]3C[C@H](O)C[C@]3(O)C[C@@H](O)[C@@H](C(=O)O)[C@H](C2)O3)[C@@H](O)[C@H](N)[C@@H]1O. The van der Waals surface area contributed by atoms with E-state index in [1.807, 2.05) is 6.08 Å². The highest BCUT2D eigenvalue weighted by Gasteiger charge is 2.51. The zero-order valence-corrected chi connectivity index (χ0v) is 26.4. The van der Waals surface area contributed by atoms with E-state index in [1.165, 1.54) is 12.2 Å². The number of hydrogen-bond acceptors (Lipinski definition) is 13. The fraction of sp³-hybridized carbons (Fsp3) is 0.636. The molecule has 2 bridgehead atoms. The number of aliphatic hydroxyl groups excluding tert-OH is 4. The smallest absolute Gasteiger partial charge is 0.330 e. The van der Waals surface area contributed by atoms with Gasteiger partial charge in [-0.15, -0.1) is 0 Å². The van der Waals surface area contributed by atoms with Gasteiger partial charge in [0, 0.05) is 38.2 Å². The minimum atomic E-state index is -2.10. The number of carbonyl (C=O) groups excluding carboxylic acids is 1. The number of fused-ring (bicyclic) bond motifs is 3. The first kappa shape index (κ1) is 37.1. The summed E-state index contributed by atoms with van der Waals surface area (Å²) >= 11 is 0. The van der Waals surface area contributed by atoms with Crippen molar-refractivity contribution in [2.24, 2.45) is 11.7 Å². The molecule has 262 valence electrons. The van der Waals surface area contributed by atoms with E-state index in [9.17, 15) is 40.2 Å². The number of aliphatic carboxylic acids is 1. The van der Waals surface area contributed by atoms with Crippen molar-refractivity contribution >= 4 is 11.9 Å². The number of epoxide rings is 1. The van der Waals surface area contributed by atoms with Gasteiger partial charge in [-0.3, -0.25) is 4.79 Å². The maximum Gasteiger partial charge on any atom is 0.330 e. The lowest BCUT2D eigenvalue weighted by molar-refractivity contribution is -0.308. The predicted molar refractivity (Wildman–Crippen MR) is 165 cm³/mol. The standard InChI is InChI=1S/C33H47NO13/c1-18-10-8-6-4-3-5-7-9-11-21(45-32-30(39)28(34)29(38)19(2)44-32)15-25-27(31(40)41)22(36)17-33(42,47-25)16-20(35)14-24-23(46-24)12-13-26(37)43-18/h3-9,11-13,18-25,27-30,32,35-36,38-39,42H,10,14-17,34H2,1-2H3,(H,40,41)/b4-3+,7-5-,8-6-,11-9?,13-12-/t18-,19-,20-,21+,22+,23+,24+,25-,27+,28+,29+,30-,32+,33+/m0/s1. The molecule has 3 saturated heterocycles. The van der Waals surface area contributed by atoms with E-state index < -0.39 is 97.3 Å². The van der Waals surface area contributed by atoms with Gasteiger partial charge >= 0.3 is 11.9 Å². The number of ether oxygens (including phenoxy) is 5. The lowest BCUT2D eigenvalue weighted by Gasteiger charge is -2.45. The highest BCUT2D eigenvalue weighted by Crippen LogP contribution is 2.39. The summed E-state index contributed by atoms with van der Waals surface area (Å²) in [5.41, 5.74) is 5.98. The Labute approximate surface area is 273 Å². The molecule has 47 heavy (non-hydrogen) atoms. The van der Waals surface area contributed by atoms with Crippen molar-refractivity contribution in [2.75, 3.05) is 0 Å². The highest BCUT2D eigenvalue weighted by atomic mass is 16.7. The number of esters is 1. The van der Waals surface area contributed by atoms with E-state index in [-0.39, 0.29) is 25.4 Å². The third kappa shape index (κ3) is 10.6. The summed E-state index contributed by atoms with van der Waals surface area (Å²) in [5.74, 6) is -5.45. The van der Waals surface area contributed by atoms with Crippen LogP contribution in [-0.4, -0.2) is 122 Å². The van der Waals surface area contributed by atoms with E-state index in [0.29, 0.717) is 6.42 Å². The molecule has 0 aromatic heterocycles. The molecule has 4 aliphatic heterocycles. The molecule has 0 amide bonds. The first-order valence-corrected chi connectivity index (χ1v) is 15.9. The van der Waals surface area contributed by atoms with Crippen molar-refractivity contribution in [1.82, 2.24) is 0 Å². The lowest BCUT2D eigenvalue weighted by Crippen LogP contribution is -2.61. The summed E-state index contributed by atoms with van der Waals surface area (Å²) in [6, 6.07) is -1.08. The molecule has 0 saturated carbocycles. The number of carbonyl (C=O) groups is 2. The van der Waals surface area contributed by atoms with Gasteiger partial charge in [0.1, 0.15) is 24.2 Å². The second-order valence-electron chi connectivity index (χ2n) is 12.6. The number of cyclic esters (lactones) is 1. The molecular formula is C33H47NO13. The Bertz CT molecular complexity index is 1220. The van der Waals surface area contributed by atoms with Crippen molar-refractivity contribution in [3.8, 4) is 0 Å². The molecule has 14 atom stereocenters. The third-order valence-electron chi connectivity index (χ3n) is 8.58. The van der Waals surface area contributed by atoms with Gasteiger partial charge in [0.05, 0.1) is 48.8 Å². The molecule has 0 aromatic carbocycles. The largest absolute Gasteiger partial charge is 0.481 e. The fourth-order valence-electron chi connectivity index (χ4n) is 6.00. The summed E-state index contributed by atoms with van der Waals surface area (Å²) in [5, 5.41) is 63.9. The molecule has 0 spiro atoms. The first-order chi connectivity index (χ1) is 22.3. The number of hydrogen-bond donors (Lipinski definition) is 7. The molecule has 0 radical (unpaired) electrons. The van der Waals surface area contributed by atoms with Gasteiger partial charge in [0.25, 0.3) is 0 Å². The van der Waals surface area contributed by atoms with E-state index in [1.54, 1.807) is 56.4 Å². The summed E-state index contributed by atoms with van der Waals surface area (Å²) in [7, 11) is 0. The molecule has 0 aromatic rings. The van der Waals surface area contributed by atoms with E-state index in [0.717, 1.165) is 0 Å². The van der Waals surface area contributed by atoms with Crippen LogP contribution in [0.3, 0.4) is 0 Å². The number of carboxylic acids is 1. The van der Waals surface area contributed by atoms with Crippen LogP contribution in [0, 0.1) is 5.92 Å². The molecule has 14 nitrogen and oxygen atoms in total. The first-order valence-electron chi connectivity index (χ1n) is 15.9. The molecule has 4 aliphatic rings. The quantitative estimate of drug-likeness (QED) is 0.157. The molecule has 8 N–H and O–H groups in total. The van der Waals surface area contributed by atoms with Crippen LogP contribution in [0.2, 0.25) is 0 Å². The van der Waals surface area contributed by atoms with Gasteiger partial charge < -0.3 is 60.1 Å². The van der Waals surface area contributed by atoms with Crippen molar-refractivity contribution < 1.29 is 63.9 Å². The van der Waals surface area contributed by atoms with Crippen molar-refractivity contribution in [3.63, 3.8) is 0 Å². The minimum Gasteiger partial charge on any atom is -0.481 e. The van der Waals surface area contributed by atoms with Crippen LogP contribution in [0.25, 0.3) is 0 Å². The number of nitrogens with two attached hydrogens (primary N) is 1. The maximum atomic E-state index is 12.3. The van der Waals surface area contributed by atoms with Crippen LogP contribution in [0.1, 0.15) is 46.0 Å². The Morgan fingerprint density at radius 2 is 1.64 bits per heavy atom. The highest BCUT2D eigenvalue weighted by molar-refractivity contribution is 5.82. The van der Waals surface area contributed by atoms with Crippen molar-refractivity contribution in [1.29, 1.82) is 0 Å². The average molecular weight is 666 g/mol. The number of aliphatic hydroxyl groups is 5. The normalized spacial score (nSPS) is 46.6. The number of carboxylic acid groups (broad SMARTS) is 1. The maximum absolute atomic E-state index is 12.3. The van der Waals surface area contributed by atoms with Gasteiger partial charge in [0.2, 0.25) is 0 Å². The van der Waals surface area contributed by atoms with Crippen LogP contribution in [0.5, 0.6) is 0 Å². The Hall–Kier alpha value is -2.76. The number of rotatable bonds is 3. The number of allylic oxidation sites excluding steroid dienone is 6. The van der Waals surface area contributed by atoms with Crippen LogP contribution in [0.4, 0.5) is 0 Å². The van der Waals surface area contributed by atoms with Crippen LogP contribution < -0.4 is 5.73 Å². The van der Waals surface area contributed by atoms with Gasteiger partial charge in [-0.05, 0) is 19.9 Å². The zero-order valence-electron chi connectivity index (χ0n) is 26.4. The summed E-state index contributed by atoms with van der Waals surface area (Å²) in [6.45, 7) is 3.34. The summed E-state index contributed by atoms with van der Waals surface area (Å²) < 4.78 is 28.5. The molecule has 14 heteroatoms. The van der Waals surface area contributed by atoms with Crippen molar-refractivity contribution in [2.45, 2.75) is 125 Å². The molecule has 3 fully saturated rings. The summed E-state index contributed by atoms with van der Waals surface area (Å²) in [4.78, 5) is 24.4. The predicted octanol–water partition coefficient (Wildman–Crippen LogP) is 0.120. The van der Waals surface area contributed by atoms with Gasteiger partial charge in [0.15, 0.2) is 12.1 Å². The van der Waals surface area contributed by atoms with Crippen LogP contribution >= 0.6 is 0 Å². The Morgan fingerprint density at radius 3 is 2.36 bits per heavy atom. The second kappa shape index (κ2) is 16.6. The van der Waals surface area contributed by atoms with Crippen LogP contribution in [0.15, 0.2) is 60.8 Å². The molecular weight excluding hydrogens is 618 g/mol. The topological polar surface area (TPSA) is 231 Å². The van der Waals surface area contributed by atoms with Crippen molar-refractivity contribution in [3.05, 3.63) is 60.8 Å². The van der Waals surface area contributed by atoms with E-state index >= 15 is 0 Å². The van der Waals surface area contributed by atoms with Gasteiger partial charge in [-0.1, -0.05) is 48.6 Å². The Morgan fingerprint density at radius 1 is 0.936 bits per heavy atom. The Balaban J connectivity index is 1.58.